The average Bonchev–Trinajstić information content (AvgIpc) is 3.06. The van der Waals surface area contributed by atoms with Crippen molar-refractivity contribution in [2.75, 3.05) is 0 Å². The number of amides is 1. The van der Waals surface area contributed by atoms with Crippen LogP contribution in [0.5, 0.6) is 0 Å². The van der Waals surface area contributed by atoms with E-state index in [1.807, 2.05) is 41.8 Å². The zero-order valence-corrected chi connectivity index (χ0v) is 11.6. The number of aliphatic hydroxyl groups excluding tert-OH is 1. The molecule has 0 bridgehead atoms. The summed E-state index contributed by atoms with van der Waals surface area (Å²) >= 11 is 1.58. The normalized spacial score (nSPS) is 21.1. The van der Waals surface area contributed by atoms with E-state index >= 15 is 0 Å². The highest BCUT2D eigenvalue weighted by Gasteiger charge is 2.31. The first-order chi connectivity index (χ1) is 9.74. The molecule has 1 aromatic heterocycles. The van der Waals surface area contributed by atoms with E-state index in [1.54, 1.807) is 17.4 Å². The first kappa shape index (κ1) is 13.1. The standard InChI is InChI=1S/C16H15NO2S/c18-14-10-11-4-1-2-6-13(11)16(14)17-15(19)8-7-12-5-3-9-20-12/h1-9,14,16,18H,10H2,(H,17,19)/b8-7+/t14-,16+/m0/s1. The van der Waals surface area contributed by atoms with Gasteiger partial charge in [0.1, 0.15) is 0 Å². The van der Waals surface area contributed by atoms with Crippen LogP contribution in [-0.4, -0.2) is 17.1 Å². The van der Waals surface area contributed by atoms with Crippen LogP contribution in [-0.2, 0) is 11.2 Å². The molecule has 3 rings (SSSR count). The fraction of sp³-hybridized carbons (Fsp3) is 0.188. The summed E-state index contributed by atoms with van der Waals surface area (Å²) in [4.78, 5) is 13.0. The summed E-state index contributed by atoms with van der Waals surface area (Å²) in [6.07, 6.45) is 3.34. The average molecular weight is 285 g/mol. The Morgan fingerprint density at radius 3 is 2.95 bits per heavy atom. The molecule has 0 fully saturated rings. The minimum Gasteiger partial charge on any atom is -0.390 e. The Balaban J connectivity index is 1.70. The van der Waals surface area contributed by atoms with Crippen LogP contribution in [0.1, 0.15) is 22.0 Å². The highest BCUT2D eigenvalue weighted by Crippen LogP contribution is 2.31. The van der Waals surface area contributed by atoms with Crippen LogP contribution in [0.4, 0.5) is 0 Å². The topological polar surface area (TPSA) is 49.3 Å². The molecular formula is C16H15NO2S. The number of carbonyl (C=O) groups excluding carboxylic acids is 1. The largest absolute Gasteiger partial charge is 0.390 e. The summed E-state index contributed by atoms with van der Waals surface area (Å²) in [7, 11) is 0. The van der Waals surface area contributed by atoms with Crippen molar-refractivity contribution < 1.29 is 9.90 Å². The van der Waals surface area contributed by atoms with Crippen LogP contribution < -0.4 is 5.32 Å². The van der Waals surface area contributed by atoms with Gasteiger partial charge in [-0.3, -0.25) is 4.79 Å². The third-order valence-electron chi connectivity index (χ3n) is 3.44. The van der Waals surface area contributed by atoms with E-state index in [9.17, 15) is 9.90 Å². The van der Waals surface area contributed by atoms with E-state index in [4.69, 9.17) is 0 Å². The summed E-state index contributed by atoms with van der Waals surface area (Å²) in [5, 5.41) is 14.9. The first-order valence-electron chi connectivity index (χ1n) is 6.52. The Kier molecular flexibility index (Phi) is 3.67. The van der Waals surface area contributed by atoms with Crippen molar-refractivity contribution in [1.29, 1.82) is 0 Å². The Labute approximate surface area is 121 Å². The van der Waals surface area contributed by atoms with Gasteiger partial charge >= 0.3 is 0 Å². The van der Waals surface area contributed by atoms with Crippen molar-refractivity contribution in [3.8, 4) is 0 Å². The monoisotopic (exact) mass is 285 g/mol. The smallest absolute Gasteiger partial charge is 0.244 e. The molecule has 1 amide bonds. The molecule has 0 aliphatic heterocycles. The maximum atomic E-state index is 11.9. The van der Waals surface area contributed by atoms with Gasteiger partial charge in [0.25, 0.3) is 0 Å². The molecule has 102 valence electrons. The number of thiophene rings is 1. The maximum Gasteiger partial charge on any atom is 0.244 e. The van der Waals surface area contributed by atoms with Gasteiger partial charge in [-0.25, -0.2) is 0 Å². The third kappa shape index (κ3) is 2.66. The lowest BCUT2D eigenvalue weighted by Gasteiger charge is -2.16. The Morgan fingerprint density at radius 1 is 1.30 bits per heavy atom. The van der Waals surface area contributed by atoms with Gasteiger partial charge in [-0.05, 0) is 28.6 Å². The molecule has 20 heavy (non-hydrogen) atoms. The molecule has 1 heterocycles. The van der Waals surface area contributed by atoms with Gasteiger partial charge in [-0.1, -0.05) is 30.3 Å². The van der Waals surface area contributed by atoms with E-state index in [2.05, 4.69) is 5.32 Å². The number of carbonyl (C=O) groups is 1. The molecular weight excluding hydrogens is 270 g/mol. The van der Waals surface area contributed by atoms with E-state index in [0.717, 1.165) is 16.0 Å². The maximum absolute atomic E-state index is 11.9. The molecule has 0 saturated heterocycles. The fourth-order valence-electron chi connectivity index (χ4n) is 2.49. The van der Waals surface area contributed by atoms with E-state index in [0.29, 0.717) is 6.42 Å². The molecule has 0 unspecified atom stereocenters. The first-order valence-corrected chi connectivity index (χ1v) is 7.40. The zero-order valence-electron chi connectivity index (χ0n) is 10.8. The second-order valence-electron chi connectivity index (χ2n) is 4.81. The highest BCUT2D eigenvalue weighted by atomic mass is 32.1. The molecule has 0 radical (unpaired) electrons. The predicted molar refractivity (Wildman–Crippen MR) is 80.4 cm³/mol. The summed E-state index contributed by atoms with van der Waals surface area (Å²) in [5.74, 6) is -0.181. The zero-order chi connectivity index (χ0) is 13.9. The Hall–Kier alpha value is -1.91. The third-order valence-corrected chi connectivity index (χ3v) is 4.28. The number of nitrogens with one attached hydrogen (secondary N) is 1. The number of aliphatic hydroxyl groups is 1. The lowest BCUT2D eigenvalue weighted by molar-refractivity contribution is -0.117. The van der Waals surface area contributed by atoms with Crippen LogP contribution in [0.25, 0.3) is 6.08 Å². The Morgan fingerprint density at radius 2 is 2.15 bits per heavy atom. The quantitative estimate of drug-likeness (QED) is 0.851. The molecule has 2 atom stereocenters. The van der Waals surface area contributed by atoms with E-state index in [1.165, 1.54) is 6.08 Å². The second-order valence-corrected chi connectivity index (χ2v) is 5.78. The minimum atomic E-state index is -0.550. The van der Waals surface area contributed by atoms with Crippen molar-refractivity contribution in [3.63, 3.8) is 0 Å². The molecule has 1 aromatic carbocycles. The van der Waals surface area contributed by atoms with Crippen molar-refractivity contribution in [2.45, 2.75) is 18.6 Å². The van der Waals surface area contributed by atoms with Gasteiger partial charge in [0.2, 0.25) is 5.91 Å². The summed E-state index contributed by atoms with van der Waals surface area (Å²) < 4.78 is 0. The molecule has 2 N–H and O–H groups in total. The van der Waals surface area contributed by atoms with Crippen LogP contribution in [0.3, 0.4) is 0 Å². The van der Waals surface area contributed by atoms with Gasteiger partial charge in [0.15, 0.2) is 0 Å². The van der Waals surface area contributed by atoms with Crippen molar-refractivity contribution in [1.82, 2.24) is 5.32 Å². The molecule has 0 spiro atoms. The van der Waals surface area contributed by atoms with Crippen molar-refractivity contribution >= 4 is 23.3 Å². The second kappa shape index (κ2) is 5.61. The van der Waals surface area contributed by atoms with E-state index in [-0.39, 0.29) is 11.9 Å². The lowest BCUT2D eigenvalue weighted by atomic mass is 10.1. The Bertz CT molecular complexity index is 634. The highest BCUT2D eigenvalue weighted by molar-refractivity contribution is 7.10. The molecule has 3 nitrogen and oxygen atoms in total. The fourth-order valence-corrected chi connectivity index (χ4v) is 3.11. The molecule has 1 aliphatic carbocycles. The number of rotatable bonds is 3. The molecule has 0 saturated carbocycles. The summed E-state index contributed by atoms with van der Waals surface area (Å²) in [5.41, 5.74) is 2.12. The summed E-state index contributed by atoms with van der Waals surface area (Å²) in [6.45, 7) is 0. The lowest BCUT2D eigenvalue weighted by Crippen LogP contribution is -2.32. The van der Waals surface area contributed by atoms with Gasteiger partial charge in [-0.15, -0.1) is 11.3 Å². The van der Waals surface area contributed by atoms with Gasteiger partial charge < -0.3 is 10.4 Å². The summed E-state index contributed by atoms with van der Waals surface area (Å²) in [6, 6.07) is 11.4. The van der Waals surface area contributed by atoms with Crippen LogP contribution in [0, 0.1) is 0 Å². The number of hydrogen-bond donors (Lipinski definition) is 2. The van der Waals surface area contributed by atoms with Crippen LogP contribution >= 0.6 is 11.3 Å². The predicted octanol–water partition coefficient (Wildman–Crippen LogP) is 2.54. The number of hydrogen-bond acceptors (Lipinski definition) is 3. The van der Waals surface area contributed by atoms with Gasteiger partial charge in [0, 0.05) is 17.4 Å². The molecule has 1 aliphatic rings. The number of benzene rings is 1. The van der Waals surface area contributed by atoms with E-state index < -0.39 is 6.10 Å². The van der Waals surface area contributed by atoms with Crippen LogP contribution in [0.15, 0.2) is 47.9 Å². The van der Waals surface area contributed by atoms with Crippen molar-refractivity contribution in [2.24, 2.45) is 0 Å². The minimum absolute atomic E-state index is 0.181. The van der Waals surface area contributed by atoms with Crippen LogP contribution in [0.2, 0.25) is 0 Å². The van der Waals surface area contributed by atoms with Crippen molar-refractivity contribution in [3.05, 3.63) is 63.9 Å². The SMILES string of the molecule is O=C(/C=C/c1cccs1)N[C@@H]1c2ccccc2C[C@@H]1O. The molecule has 4 heteroatoms. The molecule has 2 aromatic rings. The van der Waals surface area contributed by atoms with Gasteiger partial charge in [-0.2, -0.15) is 0 Å². The number of fused-ring (bicyclic) bond motifs is 1. The van der Waals surface area contributed by atoms with Gasteiger partial charge in [0.05, 0.1) is 12.1 Å².